The molecule has 0 spiro atoms. The maximum Gasteiger partial charge on any atom is 0.0909 e. The largest absolute Gasteiger partial charge is 0.396 e. The molecule has 4 atom stereocenters. The topological polar surface area (TPSA) is 69.1 Å². The SMILES string of the molecule is OCC1[C@H]2CC(O)(c3cc(Cl)cc4[nH]ncc34)C[C@@H]12. The number of hydrogen-bond acceptors (Lipinski definition) is 3. The van der Waals surface area contributed by atoms with Crippen LogP contribution in [-0.4, -0.2) is 27.0 Å². The lowest BCUT2D eigenvalue weighted by Gasteiger charge is -2.27. The summed E-state index contributed by atoms with van der Waals surface area (Å²) in [6, 6.07) is 3.67. The quantitative estimate of drug-likeness (QED) is 0.787. The first kappa shape index (κ1) is 11.7. The molecule has 2 aromatic rings. The van der Waals surface area contributed by atoms with Gasteiger partial charge in [-0.3, -0.25) is 5.10 Å². The smallest absolute Gasteiger partial charge is 0.0909 e. The van der Waals surface area contributed by atoms with Gasteiger partial charge >= 0.3 is 0 Å². The van der Waals surface area contributed by atoms with Gasteiger partial charge in [-0.15, -0.1) is 0 Å². The first-order chi connectivity index (χ1) is 9.12. The Morgan fingerprint density at radius 3 is 2.79 bits per heavy atom. The molecule has 2 fully saturated rings. The van der Waals surface area contributed by atoms with Gasteiger partial charge in [-0.05, 0) is 48.3 Å². The van der Waals surface area contributed by atoms with Crippen LogP contribution in [0, 0.1) is 17.8 Å². The summed E-state index contributed by atoms with van der Waals surface area (Å²) in [5.74, 6) is 1.30. The Morgan fingerprint density at radius 1 is 1.37 bits per heavy atom. The van der Waals surface area contributed by atoms with Gasteiger partial charge in [-0.1, -0.05) is 11.6 Å². The van der Waals surface area contributed by atoms with E-state index in [1.54, 1.807) is 6.20 Å². The van der Waals surface area contributed by atoms with E-state index < -0.39 is 5.60 Å². The van der Waals surface area contributed by atoms with Crippen molar-refractivity contribution in [2.24, 2.45) is 17.8 Å². The highest BCUT2D eigenvalue weighted by Gasteiger charge is 2.61. The van der Waals surface area contributed by atoms with Crippen molar-refractivity contribution in [1.82, 2.24) is 10.2 Å². The van der Waals surface area contributed by atoms with Crippen molar-refractivity contribution >= 4 is 22.5 Å². The van der Waals surface area contributed by atoms with Crippen LogP contribution in [0.5, 0.6) is 0 Å². The summed E-state index contributed by atoms with van der Waals surface area (Å²) in [6.07, 6.45) is 3.17. The van der Waals surface area contributed by atoms with Crippen LogP contribution in [0.3, 0.4) is 0 Å². The van der Waals surface area contributed by atoms with Gasteiger partial charge in [-0.2, -0.15) is 5.10 Å². The van der Waals surface area contributed by atoms with Crippen molar-refractivity contribution < 1.29 is 10.2 Å². The molecule has 0 saturated heterocycles. The van der Waals surface area contributed by atoms with Crippen LogP contribution in [-0.2, 0) is 5.60 Å². The van der Waals surface area contributed by atoms with E-state index in [9.17, 15) is 10.2 Å². The van der Waals surface area contributed by atoms with Gasteiger partial charge in [-0.25, -0.2) is 0 Å². The average Bonchev–Trinajstić information content (AvgIpc) is 2.78. The maximum absolute atomic E-state index is 10.9. The third-order valence-corrected chi connectivity index (χ3v) is 5.11. The van der Waals surface area contributed by atoms with E-state index in [0.717, 1.165) is 16.5 Å². The van der Waals surface area contributed by atoms with Crippen LogP contribution < -0.4 is 0 Å². The van der Waals surface area contributed by atoms with Crippen molar-refractivity contribution in [3.63, 3.8) is 0 Å². The summed E-state index contributed by atoms with van der Waals surface area (Å²) >= 11 is 6.13. The second-order valence-corrected chi connectivity index (χ2v) is 6.33. The molecule has 2 aliphatic rings. The summed E-state index contributed by atoms with van der Waals surface area (Å²) in [7, 11) is 0. The van der Waals surface area contributed by atoms with Gasteiger partial charge in [0.1, 0.15) is 0 Å². The van der Waals surface area contributed by atoms with Crippen LogP contribution in [0.25, 0.3) is 10.9 Å². The Balaban J connectivity index is 1.77. The van der Waals surface area contributed by atoms with Crippen LogP contribution in [0.2, 0.25) is 5.02 Å². The zero-order valence-electron chi connectivity index (χ0n) is 10.3. The number of fused-ring (bicyclic) bond motifs is 2. The molecule has 1 heterocycles. The van der Waals surface area contributed by atoms with E-state index in [1.807, 2.05) is 12.1 Å². The van der Waals surface area contributed by atoms with Crippen LogP contribution in [0.4, 0.5) is 0 Å². The van der Waals surface area contributed by atoms with E-state index in [2.05, 4.69) is 10.2 Å². The highest BCUT2D eigenvalue weighted by Crippen LogP contribution is 2.63. The lowest BCUT2D eigenvalue weighted by molar-refractivity contribution is 0.0242. The molecule has 0 radical (unpaired) electrons. The molecule has 2 unspecified atom stereocenters. The third-order valence-electron chi connectivity index (χ3n) is 4.89. The minimum atomic E-state index is -0.825. The van der Waals surface area contributed by atoms with Gasteiger partial charge in [0.25, 0.3) is 0 Å². The number of nitrogens with zero attached hydrogens (tertiary/aromatic N) is 1. The molecule has 2 aliphatic carbocycles. The van der Waals surface area contributed by atoms with Crippen LogP contribution >= 0.6 is 11.6 Å². The molecular formula is C14H15ClN2O2. The van der Waals surface area contributed by atoms with E-state index in [1.165, 1.54) is 0 Å². The first-order valence-corrected chi connectivity index (χ1v) is 6.96. The molecule has 0 bridgehead atoms. The molecule has 3 N–H and O–H groups in total. The van der Waals surface area contributed by atoms with Gasteiger partial charge in [0.15, 0.2) is 0 Å². The minimum absolute atomic E-state index is 0.238. The molecule has 4 nitrogen and oxygen atoms in total. The molecular weight excluding hydrogens is 264 g/mol. The zero-order valence-corrected chi connectivity index (χ0v) is 11.1. The molecule has 2 saturated carbocycles. The van der Waals surface area contributed by atoms with Crippen molar-refractivity contribution in [3.05, 3.63) is 28.9 Å². The van der Waals surface area contributed by atoms with Crippen LogP contribution in [0.15, 0.2) is 18.3 Å². The normalized spacial score (nSPS) is 36.7. The molecule has 0 amide bonds. The van der Waals surface area contributed by atoms with Crippen molar-refractivity contribution in [2.45, 2.75) is 18.4 Å². The predicted octanol–water partition coefficient (Wildman–Crippen LogP) is 2.05. The molecule has 100 valence electrons. The van der Waals surface area contributed by atoms with Gasteiger partial charge in [0, 0.05) is 17.0 Å². The number of nitrogens with one attached hydrogen (secondary N) is 1. The summed E-state index contributed by atoms with van der Waals surface area (Å²) < 4.78 is 0. The molecule has 0 aliphatic heterocycles. The first-order valence-electron chi connectivity index (χ1n) is 6.59. The fourth-order valence-corrected chi connectivity index (χ4v) is 4.10. The lowest BCUT2D eigenvalue weighted by atomic mass is 9.85. The Hall–Kier alpha value is -1.10. The second-order valence-electron chi connectivity index (χ2n) is 5.90. The van der Waals surface area contributed by atoms with Crippen molar-refractivity contribution in [3.8, 4) is 0 Å². The van der Waals surface area contributed by atoms with Gasteiger partial charge in [0.05, 0.1) is 17.3 Å². The Morgan fingerprint density at radius 2 is 2.11 bits per heavy atom. The fourth-order valence-electron chi connectivity index (χ4n) is 3.88. The third kappa shape index (κ3) is 1.57. The number of H-pyrrole nitrogens is 1. The van der Waals surface area contributed by atoms with Gasteiger partial charge in [0.2, 0.25) is 0 Å². The summed E-state index contributed by atoms with van der Waals surface area (Å²) in [5.41, 5.74) is 0.899. The number of aromatic amines is 1. The van der Waals surface area contributed by atoms with E-state index >= 15 is 0 Å². The molecule has 1 aromatic heterocycles. The Kier molecular flexibility index (Phi) is 2.29. The Labute approximate surface area is 115 Å². The average molecular weight is 279 g/mol. The minimum Gasteiger partial charge on any atom is -0.396 e. The van der Waals surface area contributed by atoms with Crippen molar-refractivity contribution in [1.29, 1.82) is 0 Å². The zero-order chi connectivity index (χ0) is 13.2. The van der Waals surface area contributed by atoms with Crippen LogP contribution in [0.1, 0.15) is 18.4 Å². The van der Waals surface area contributed by atoms with E-state index in [-0.39, 0.29) is 6.61 Å². The summed E-state index contributed by atoms with van der Waals surface area (Å²) in [5, 5.41) is 28.6. The summed E-state index contributed by atoms with van der Waals surface area (Å²) in [6.45, 7) is 0.238. The highest BCUT2D eigenvalue weighted by atomic mass is 35.5. The lowest BCUT2D eigenvalue weighted by Crippen LogP contribution is -2.25. The maximum atomic E-state index is 10.9. The predicted molar refractivity (Wildman–Crippen MR) is 71.8 cm³/mol. The van der Waals surface area contributed by atoms with Gasteiger partial charge < -0.3 is 10.2 Å². The van der Waals surface area contributed by atoms with Crippen molar-refractivity contribution in [2.75, 3.05) is 6.61 Å². The van der Waals surface area contributed by atoms with E-state index in [0.29, 0.717) is 35.6 Å². The number of aliphatic hydroxyl groups is 2. The summed E-state index contributed by atoms with van der Waals surface area (Å²) in [4.78, 5) is 0. The standard InChI is InChI=1S/C14H15ClN2O2/c15-7-1-12(10-5-16-17-13(10)2-7)14(19)3-8-9(4-14)11(8)6-18/h1-2,5,8-9,11,18-19H,3-4,6H2,(H,16,17)/t8-,9+,11?,14?. The number of halogens is 1. The molecule has 5 heteroatoms. The number of benzene rings is 1. The Bertz CT molecular complexity index is 642. The second kappa shape index (κ2) is 3.72. The number of aromatic nitrogens is 2. The number of rotatable bonds is 2. The number of hydrogen-bond donors (Lipinski definition) is 3. The molecule has 4 rings (SSSR count). The fraction of sp³-hybridized carbons (Fsp3) is 0.500. The number of aliphatic hydroxyl groups excluding tert-OH is 1. The molecule has 19 heavy (non-hydrogen) atoms. The monoisotopic (exact) mass is 278 g/mol. The highest BCUT2D eigenvalue weighted by molar-refractivity contribution is 6.31. The molecule has 1 aromatic carbocycles. The van der Waals surface area contributed by atoms with E-state index in [4.69, 9.17) is 11.6 Å².